The van der Waals surface area contributed by atoms with Crippen molar-refractivity contribution >= 4 is 0 Å². The van der Waals surface area contributed by atoms with Crippen molar-refractivity contribution in [2.24, 2.45) is 0 Å². The Hall–Kier alpha value is -1.72. The minimum Gasteiger partial charge on any atom is -0.371 e. The first-order valence-corrected chi connectivity index (χ1v) is 8.37. The van der Waals surface area contributed by atoms with Crippen LogP contribution in [0.1, 0.15) is 24.5 Å². The molecule has 1 saturated heterocycles. The minimum absolute atomic E-state index is 0.0580. The van der Waals surface area contributed by atoms with E-state index in [9.17, 15) is 5.11 Å². The van der Waals surface area contributed by atoms with E-state index in [1.165, 1.54) is 0 Å². The summed E-state index contributed by atoms with van der Waals surface area (Å²) in [4.78, 5) is 0. The first kappa shape index (κ1) is 17.1. The van der Waals surface area contributed by atoms with Crippen LogP contribution in [0.5, 0.6) is 0 Å². The van der Waals surface area contributed by atoms with Gasteiger partial charge in [-0.25, -0.2) is 0 Å². The fourth-order valence-corrected chi connectivity index (χ4v) is 2.91. The Balaban J connectivity index is 1.61. The lowest BCUT2D eigenvalue weighted by molar-refractivity contribution is -0.268. The highest BCUT2D eigenvalue weighted by atomic mass is 16.7. The zero-order valence-corrected chi connectivity index (χ0v) is 13.9. The summed E-state index contributed by atoms with van der Waals surface area (Å²) in [5, 5.41) is 10.3. The monoisotopic (exact) mass is 328 g/mol. The third-order valence-corrected chi connectivity index (χ3v) is 4.18. The van der Waals surface area contributed by atoms with Crippen LogP contribution >= 0.6 is 0 Å². The Labute approximate surface area is 143 Å². The van der Waals surface area contributed by atoms with Crippen LogP contribution in [0.4, 0.5) is 0 Å². The second-order valence-electron chi connectivity index (χ2n) is 6.17. The molecule has 1 aliphatic rings. The van der Waals surface area contributed by atoms with Gasteiger partial charge in [-0.2, -0.15) is 0 Å². The number of aliphatic hydroxyl groups is 1. The Morgan fingerprint density at radius 1 is 0.917 bits per heavy atom. The van der Waals surface area contributed by atoms with E-state index < -0.39 is 12.4 Å². The van der Waals surface area contributed by atoms with Gasteiger partial charge in [0.1, 0.15) is 6.10 Å². The van der Waals surface area contributed by atoms with Gasteiger partial charge in [0.25, 0.3) is 0 Å². The van der Waals surface area contributed by atoms with Crippen molar-refractivity contribution in [3.63, 3.8) is 0 Å². The van der Waals surface area contributed by atoms with Crippen molar-refractivity contribution in [1.82, 2.24) is 0 Å². The molecule has 0 spiro atoms. The van der Waals surface area contributed by atoms with Gasteiger partial charge in [-0.05, 0) is 18.1 Å². The molecule has 0 amide bonds. The zero-order chi connectivity index (χ0) is 16.8. The topological polar surface area (TPSA) is 47.9 Å². The van der Waals surface area contributed by atoms with Crippen LogP contribution in [0.2, 0.25) is 0 Å². The van der Waals surface area contributed by atoms with E-state index in [0.717, 1.165) is 11.1 Å². The van der Waals surface area contributed by atoms with E-state index in [-0.39, 0.29) is 12.2 Å². The molecule has 0 unspecified atom stereocenters. The van der Waals surface area contributed by atoms with E-state index >= 15 is 0 Å². The molecule has 4 heteroatoms. The number of hydrogen-bond acceptors (Lipinski definition) is 4. The maximum Gasteiger partial charge on any atom is 0.184 e. The SMILES string of the molecule is C[C@@H]1C[C@H](OCc2ccccc2)[C@@H](OCc2ccccc2)[C@H](O)O1. The second-order valence-corrected chi connectivity index (χ2v) is 6.17. The zero-order valence-electron chi connectivity index (χ0n) is 13.9. The standard InChI is InChI=1S/C20H24O4/c1-15-12-18(22-13-16-8-4-2-5-9-16)19(20(21)24-15)23-14-17-10-6-3-7-11-17/h2-11,15,18-21H,12-14H2,1H3/t15-,18+,19-,20-/m1/s1. The van der Waals surface area contributed by atoms with Crippen molar-refractivity contribution < 1.29 is 19.3 Å². The van der Waals surface area contributed by atoms with Crippen LogP contribution in [0.25, 0.3) is 0 Å². The van der Waals surface area contributed by atoms with Crippen molar-refractivity contribution in [1.29, 1.82) is 0 Å². The van der Waals surface area contributed by atoms with Crippen molar-refractivity contribution in [2.75, 3.05) is 0 Å². The number of rotatable bonds is 6. The molecular weight excluding hydrogens is 304 g/mol. The highest BCUT2D eigenvalue weighted by Gasteiger charge is 2.38. The molecule has 1 aliphatic heterocycles. The van der Waals surface area contributed by atoms with Gasteiger partial charge >= 0.3 is 0 Å². The summed E-state index contributed by atoms with van der Waals surface area (Å²) in [7, 11) is 0. The highest BCUT2D eigenvalue weighted by Crippen LogP contribution is 2.25. The van der Waals surface area contributed by atoms with Gasteiger partial charge in [-0.3, -0.25) is 0 Å². The van der Waals surface area contributed by atoms with Gasteiger partial charge in [-0.1, -0.05) is 60.7 Å². The van der Waals surface area contributed by atoms with Gasteiger partial charge in [0.05, 0.1) is 25.4 Å². The Morgan fingerprint density at radius 3 is 2.04 bits per heavy atom. The molecule has 1 N–H and O–H groups in total. The highest BCUT2D eigenvalue weighted by molar-refractivity contribution is 5.14. The molecular formula is C20H24O4. The van der Waals surface area contributed by atoms with Crippen molar-refractivity contribution in [3.05, 3.63) is 71.8 Å². The lowest BCUT2D eigenvalue weighted by Gasteiger charge is -2.38. The molecule has 2 aromatic carbocycles. The lowest BCUT2D eigenvalue weighted by Crippen LogP contribution is -2.49. The van der Waals surface area contributed by atoms with Gasteiger partial charge in [0.2, 0.25) is 0 Å². The van der Waals surface area contributed by atoms with E-state index in [1.54, 1.807) is 0 Å². The molecule has 0 aromatic heterocycles. The first-order valence-electron chi connectivity index (χ1n) is 8.37. The van der Waals surface area contributed by atoms with Crippen LogP contribution in [0.15, 0.2) is 60.7 Å². The Bertz CT molecular complexity index is 602. The summed E-state index contributed by atoms with van der Waals surface area (Å²) in [6, 6.07) is 19.9. The fraction of sp³-hybridized carbons (Fsp3) is 0.400. The van der Waals surface area contributed by atoms with Gasteiger partial charge in [-0.15, -0.1) is 0 Å². The van der Waals surface area contributed by atoms with Gasteiger partial charge in [0, 0.05) is 6.42 Å². The Morgan fingerprint density at radius 2 is 1.46 bits per heavy atom. The van der Waals surface area contributed by atoms with Crippen LogP contribution in [-0.4, -0.2) is 29.7 Å². The Kier molecular flexibility index (Phi) is 5.99. The molecule has 3 rings (SSSR count). The number of ether oxygens (including phenoxy) is 3. The molecule has 24 heavy (non-hydrogen) atoms. The van der Waals surface area contributed by atoms with Gasteiger partial charge in [0.15, 0.2) is 6.29 Å². The maximum atomic E-state index is 10.3. The van der Waals surface area contributed by atoms with Crippen molar-refractivity contribution in [2.45, 2.75) is 51.2 Å². The smallest absolute Gasteiger partial charge is 0.184 e. The van der Waals surface area contributed by atoms with Crippen LogP contribution in [0, 0.1) is 0 Å². The van der Waals surface area contributed by atoms with E-state index in [4.69, 9.17) is 14.2 Å². The molecule has 0 saturated carbocycles. The van der Waals surface area contributed by atoms with E-state index in [0.29, 0.717) is 19.6 Å². The third kappa shape index (κ3) is 4.65. The first-order chi connectivity index (χ1) is 11.7. The molecule has 1 heterocycles. The van der Waals surface area contributed by atoms with E-state index in [1.807, 2.05) is 67.6 Å². The molecule has 128 valence electrons. The number of benzene rings is 2. The number of aliphatic hydroxyl groups excluding tert-OH is 1. The lowest BCUT2D eigenvalue weighted by atomic mass is 10.0. The molecule has 0 bridgehead atoms. The summed E-state index contributed by atoms with van der Waals surface area (Å²) >= 11 is 0. The molecule has 4 nitrogen and oxygen atoms in total. The third-order valence-electron chi connectivity index (χ3n) is 4.18. The molecule has 2 aromatic rings. The quantitative estimate of drug-likeness (QED) is 0.884. The van der Waals surface area contributed by atoms with E-state index in [2.05, 4.69) is 0 Å². The van der Waals surface area contributed by atoms with Crippen molar-refractivity contribution in [3.8, 4) is 0 Å². The normalized spacial score (nSPS) is 27.1. The summed E-state index contributed by atoms with van der Waals surface area (Å²) in [6.45, 7) is 2.86. The molecule has 0 radical (unpaired) electrons. The van der Waals surface area contributed by atoms with Crippen LogP contribution in [-0.2, 0) is 27.4 Å². The predicted molar refractivity (Wildman–Crippen MR) is 91.2 cm³/mol. The maximum absolute atomic E-state index is 10.3. The van der Waals surface area contributed by atoms with Gasteiger partial charge < -0.3 is 19.3 Å². The largest absolute Gasteiger partial charge is 0.371 e. The average molecular weight is 328 g/mol. The molecule has 1 fully saturated rings. The van der Waals surface area contributed by atoms with Crippen LogP contribution in [0.3, 0.4) is 0 Å². The second kappa shape index (κ2) is 8.40. The average Bonchev–Trinajstić information content (AvgIpc) is 2.61. The molecule has 4 atom stereocenters. The number of hydrogen-bond donors (Lipinski definition) is 1. The van der Waals surface area contributed by atoms with Crippen LogP contribution < -0.4 is 0 Å². The summed E-state index contributed by atoms with van der Waals surface area (Å²) in [5.74, 6) is 0. The summed E-state index contributed by atoms with van der Waals surface area (Å²) < 4.78 is 17.5. The summed E-state index contributed by atoms with van der Waals surface area (Å²) in [6.07, 6.45) is -1.03. The predicted octanol–water partition coefficient (Wildman–Crippen LogP) is 3.28. The summed E-state index contributed by atoms with van der Waals surface area (Å²) in [5.41, 5.74) is 2.16. The molecule has 0 aliphatic carbocycles. The minimum atomic E-state index is -0.974. The fourth-order valence-electron chi connectivity index (χ4n) is 2.91.